The molecule has 0 aliphatic rings. The van der Waals surface area contributed by atoms with Gasteiger partial charge in [-0.3, -0.25) is 0 Å². The highest BCUT2D eigenvalue weighted by atomic mass is 35.5. The second-order valence-electron chi connectivity index (χ2n) is 3.44. The summed E-state index contributed by atoms with van der Waals surface area (Å²) < 4.78 is 0.852. The quantitative estimate of drug-likeness (QED) is 0.758. The molecule has 0 bridgehead atoms. The summed E-state index contributed by atoms with van der Waals surface area (Å²) in [7, 11) is 0. The van der Waals surface area contributed by atoms with Gasteiger partial charge in [0.15, 0.2) is 0 Å². The molecule has 0 aliphatic heterocycles. The molecule has 3 heteroatoms. The molecule has 0 radical (unpaired) electrons. The number of rotatable bonds is 5. The van der Waals surface area contributed by atoms with Gasteiger partial charge in [-0.15, -0.1) is 11.3 Å². The Labute approximate surface area is 94.8 Å². The first-order valence-corrected chi connectivity index (χ1v) is 6.03. The summed E-state index contributed by atoms with van der Waals surface area (Å²) in [4.78, 5) is 1.22. The fourth-order valence-corrected chi connectivity index (χ4v) is 2.06. The molecule has 0 fully saturated rings. The summed E-state index contributed by atoms with van der Waals surface area (Å²) in [6.45, 7) is 5.35. The summed E-state index contributed by atoms with van der Waals surface area (Å²) >= 11 is 7.42. The number of hydrogen-bond acceptors (Lipinski definition) is 2. The monoisotopic (exact) mass is 229 g/mol. The molecule has 0 atom stereocenters. The number of hydrogen-bond donors (Lipinski definition) is 1. The zero-order chi connectivity index (χ0) is 10.4. The van der Waals surface area contributed by atoms with Gasteiger partial charge in [-0.1, -0.05) is 31.5 Å². The van der Waals surface area contributed by atoms with Gasteiger partial charge in [0.2, 0.25) is 0 Å². The van der Waals surface area contributed by atoms with Gasteiger partial charge in [0.1, 0.15) is 0 Å². The van der Waals surface area contributed by atoms with Crippen molar-refractivity contribution in [2.75, 3.05) is 6.54 Å². The van der Waals surface area contributed by atoms with Crippen LogP contribution in [0.2, 0.25) is 4.34 Å². The van der Waals surface area contributed by atoms with Gasteiger partial charge in [-0.2, -0.15) is 0 Å². The molecule has 1 N–H and O–H groups in total. The molecule has 1 nitrogen and oxygen atoms in total. The van der Waals surface area contributed by atoms with Crippen LogP contribution < -0.4 is 5.32 Å². The third-order valence-electron chi connectivity index (χ3n) is 1.74. The summed E-state index contributed by atoms with van der Waals surface area (Å²) in [5.41, 5.74) is 0. The zero-order valence-electron chi connectivity index (χ0n) is 8.59. The standard InChI is InChI=1S/C11H16ClNS/c1-9(2)13-8-4-3-5-10-6-7-11(12)14-10/h3,5-7,9,13H,4,8H2,1-2H3. The zero-order valence-corrected chi connectivity index (χ0v) is 10.2. The van der Waals surface area contributed by atoms with E-state index >= 15 is 0 Å². The first-order chi connectivity index (χ1) is 6.68. The van der Waals surface area contributed by atoms with Crippen LogP contribution in [0.3, 0.4) is 0 Å². The molecule has 0 amide bonds. The van der Waals surface area contributed by atoms with E-state index in [-0.39, 0.29) is 0 Å². The molecule has 0 saturated heterocycles. The fourth-order valence-electron chi connectivity index (χ4n) is 1.07. The van der Waals surface area contributed by atoms with Crippen molar-refractivity contribution in [2.45, 2.75) is 26.3 Å². The highest BCUT2D eigenvalue weighted by Crippen LogP contribution is 2.22. The Morgan fingerprint density at radius 1 is 1.50 bits per heavy atom. The van der Waals surface area contributed by atoms with E-state index in [1.165, 1.54) is 4.88 Å². The Hall–Kier alpha value is -0.310. The van der Waals surface area contributed by atoms with Crippen molar-refractivity contribution in [2.24, 2.45) is 0 Å². The van der Waals surface area contributed by atoms with Crippen molar-refractivity contribution in [1.82, 2.24) is 5.32 Å². The van der Waals surface area contributed by atoms with Crippen LogP contribution in [0.25, 0.3) is 6.08 Å². The van der Waals surface area contributed by atoms with Crippen LogP contribution in [0.5, 0.6) is 0 Å². The number of thiophene rings is 1. The van der Waals surface area contributed by atoms with Crippen LogP contribution in [0.1, 0.15) is 25.1 Å². The molecule has 1 aromatic rings. The van der Waals surface area contributed by atoms with Gasteiger partial charge in [0.05, 0.1) is 4.34 Å². The molecular formula is C11H16ClNS. The van der Waals surface area contributed by atoms with Crippen molar-refractivity contribution in [3.8, 4) is 0 Å². The van der Waals surface area contributed by atoms with E-state index in [0.29, 0.717) is 6.04 Å². The predicted molar refractivity (Wildman–Crippen MR) is 66.1 cm³/mol. The Morgan fingerprint density at radius 2 is 2.29 bits per heavy atom. The van der Waals surface area contributed by atoms with Gasteiger partial charge in [-0.25, -0.2) is 0 Å². The fraction of sp³-hybridized carbons (Fsp3) is 0.455. The Morgan fingerprint density at radius 3 is 2.86 bits per heavy atom. The lowest BCUT2D eigenvalue weighted by atomic mass is 10.3. The van der Waals surface area contributed by atoms with Crippen LogP contribution in [-0.2, 0) is 0 Å². The van der Waals surface area contributed by atoms with Gasteiger partial charge in [0, 0.05) is 10.9 Å². The lowest BCUT2D eigenvalue weighted by Crippen LogP contribution is -2.23. The molecule has 14 heavy (non-hydrogen) atoms. The van der Waals surface area contributed by atoms with E-state index in [4.69, 9.17) is 11.6 Å². The molecule has 78 valence electrons. The van der Waals surface area contributed by atoms with E-state index in [1.807, 2.05) is 12.1 Å². The van der Waals surface area contributed by atoms with Crippen LogP contribution in [-0.4, -0.2) is 12.6 Å². The van der Waals surface area contributed by atoms with Gasteiger partial charge in [0.25, 0.3) is 0 Å². The first kappa shape index (κ1) is 11.8. The molecule has 0 saturated carbocycles. The summed E-state index contributed by atoms with van der Waals surface area (Å²) in [5.74, 6) is 0. The average molecular weight is 230 g/mol. The second kappa shape index (κ2) is 6.23. The normalized spacial score (nSPS) is 11.7. The lowest BCUT2D eigenvalue weighted by Gasteiger charge is -2.04. The van der Waals surface area contributed by atoms with Gasteiger partial charge < -0.3 is 5.32 Å². The molecule has 0 aromatic carbocycles. The van der Waals surface area contributed by atoms with Gasteiger partial charge >= 0.3 is 0 Å². The van der Waals surface area contributed by atoms with Crippen LogP contribution >= 0.6 is 22.9 Å². The summed E-state index contributed by atoms with van der Waals surface area (Å²) in [6.07, 6.45) is 5.36. The van der Waals surface area contributed by atoms with E-state index in [9.17, 15) is 0 Å². The molecule has 0 aliphatic carbocycles. The largest absolute Gasteiger partial charge is 0.314 e. The Kier molecular flexibility index (Phi) is 5.23. The third-order valence-corrected chi connectivity index (χ3v) is 2.94. The Balaban J connectivity index is 2.21. The molecule has 0 spiro atoms. The Bertz CT molecular complexity index is 291. The molecule has 1 heterocycles. The second-order valence-corrected chi connectivity index (χ2v) is 5.19. The first-order valence-electron chi connectivity index (χ1n) is 4.84. The molecular weight excluding hydrogens is 214 g/mol. The average Bonchev–Trinajstić information content (AvgIpc) is 2.50. The van der Waals surface area contributed by atoms with Gasteiger partial charge in [-0.05, 0) is 31.2 Å². The van der Waals surface area contributed by atoms with E-state index in [2.05, 4.69) is 31.3 Å². The lowest BCUT2D eigenvalue weighted by molar-refractivity contribution is 0.595. The SMILES string of the molecule is CC(C)NCCC=Cc1ccc(Cl)s1. The highest BCUT2D eigenvalue weighted by molar-refractivity contribution is 7.16. The topological polar surface area (TPSA) is 12.0 Å². The van der Waals surface area contributed by atoms with Crippen molar-refractivity contribution < 1.29 is 0 Å². The van der Waals surface area contributed by atoms with Crippen molar-refractivity contribution in [3.05, 3.63) is 27.4 Å². The predicted octanol–water partition coefficient (Wildman–Crippen LogP) is 3.80. The van der Waals surface area contributed by atoms with Crippen molar-refractivity contribution in [3.63, 3.8) is 0 Å². The van der Waals surface area contributed by atoms with E-state index < -0.39 is 0 Å². The third kappa shape index (κ3) is 4.80. The number of halogens is 1. The summed E-state index contributed by atoms with van der Waals surface area (Å²) in [5, 5.41) is 3.36. The van der Waals surface area contributed by atoms with Crippen molar-refractivity contribution >= 4 is 29.0 Å². The van der Waals surface area contributed by atoms with Crippen molar-refractivity contribution in [1.29, 1.82) is 0 Å². The van der Waals surface area contributed by atoms with E-state index in [1.54, 1.807) is 11.3 Å². The molecule has 0 unspecified atom stereocenters. The minimum Gasteiger partial charge on any atom is -0.314 e. The molecule has 1 aromatic heterocycles. The summed E-state index contributed by atoms with van der Waals surface area (Å²) in [6, 6.07) is 4.54. The maximum absolute atomic E-state index is 5.81. The number of nitrogens with one attached hydrogen (secondary N) is 1. The van der Waals surface area contributed by atoms with Crippen LogP contribution in [0.15, 0.2) is 18.2 Å². The maximum atomic E-state index is 5.81. The van der Waals surface area contributed by atoms with Crippen LogP contribution in [0.4, 0.5) is 0 Å². The van der Waals surface area contributed by atoms with E-state index in [0.717, 1.165) is 17.3 Å². The minimum absolute atomic E-state index is 0.569. The maximum Gasteiger partial charge on any atom is 0.0934 e. The van der Waals surface area contributed by atoms with Crippen LogP contribution in [0, 0.1) is 0 Å². The minimum atomic E-state index is 0.569. The highest BCUT2D eigenvalue weighted by Gasteiger charge is 1.92. The smallest absolute Gasteiger partial charge is 0.0934 e. The molecule has 1 rings (SSSR count).